The molecule has 2 N–H and O–H groups in total. The summed E-state index contributed by atoms with van der Waals surface area (Å²) in [6.07, 6.45) is 0. The maximum Gasteiger partial charge on any atom is 0.335 e. The first kappa shape index (κ1) is 17.1. The Hall–Kier alpha value is -3.32. The number of halogens is 1. The second-order valence-electron chi connectivity index (χ2n) is 5.96. The summed E-state index contributed by atoms with van der Waals surface area (Å²) < 4.78 is 13.3. The molecule has 2 aromatic carbocycles. The molecule has 2 aromatic heterocycles. The van der Waals surface area contributed by atoms with Gasteiger partial charge in [-0.1, -0.05) is 12.1 Å². The number of aromatic nitrogens is 2. The minimum absolute atomic E-state index is 0.215. The number of aryl methyl sites for hydroxylation is 1. The van der Waals surface area contributed by atoms with Crippen molar-refractivity contribution in [2.45, 2.75) is 6.92 Å². The average molecular weight is 379 g/mol. The lowest BCUT2D eigenvalue weighted by Gasteiger charge is -2.10. The third kappa shape index (κ3) is 3.37. The highest BCUT2D eigenvalue weighted by molar-refractivity contribution is 7.17. The van der Waals surface area contributed by atoms with E-state index < -0.39 is 5.97 Å². The van der Waals surface area contributed by atoms with Crippen LogP contribution < -0.4 is 5.32 Å². The zero-order valence-corrected chi connectivity index (χ0v) is 15.0. The minimum Gasteiger partial charge on any atom is -0.478 e. The Balaban J connectivity index is 1.80. The van der Waals surface area contributed by atoms with Gasteiger partial charge in [0.05, 0.1) is 10.9 Å². The first-order valence-corrected chi connectivity index (χ1v) is 9.01. The highest BCUT2D eigenvalue weighted by Crippen LogP contribution is 2.37. The molecule has 0 unspecified atom stereocenters. The van der Waals surface area contributed by atoms with Gasteiger partial charge in [-0.2, -0.15) is 0 Å². The molecule has 0 bridgehead atoms. The number of fused-ring (bicyclic) bond motifs is 1. The standard InChI is InChI=1S/C20H14FN3O2S/c1-11-22-18(24-15-8-4-13(5-9-15)20(25)26)17-16(10-27-19(17)23-11)12-2-6-14(21)7-3-12/h2-10H,1H3,(H,25,26)(H,22,23,24). The van der Waals surface area contributed by atoms with Crippen LogP contribution in [0.4, 0.5) is 15.9 Å². The van der Waals surface area contributed by atoms with Crippen molar-refractivity contribution < 1.29 is 14.3 Å². The molecule has 0 amide bonds. The summed E-state index contributed by atoms with van der Waals surface area (Å²) in [5.41, 5.74) is 2.72. The van der Waals surface area contributed by atoms with Gasteiger partial charge in [0, 0.05) is 16.6 Å². The number of aromatic carboxylic acids is 1. The van der Waals surface area contributed by atoms with Gasteiger partial charge >= 0.3 is 5.97 Å². The molecule has 0 spiro atoms. The van der Waals surface area contributed by atoms with Crippen LogP contribution in [0.25, 0.3) is 21.3 Å². The highest BCUT2D eigenvalue weighted by atomic mass is 32.1. The first-order valence-electron chi connectivity index (χ1n) is 8.13. The van der Waals surface area contributed by atoms with E-state index in [-0.39, 0.29) is 11.4 Å². The van der Waals surface area contributed by atoms with Crippen molar-refractivity contribution >= 4 is 39.0 Å². The summed E-state index contributed by atoms with van der Waals surface area (Å²) in [5, 5.41) is 15.1. The Morgan fingerprint density at radius 1 is 1.07 bits per heavy atom. The molecule has 7 heteroatoms. The van der Waals surface area contributed by atoms with Crippen LogP contribution in [0.1, 0.15) is 16.2 Å². The van der Waals surface area contributed by atoms with E-state index >= 15 is 0 Å². The molecule has 0 aliphatic heterocycles. The third-order valence-electron chi connectivity index (χ3n) is 4.10. The number of carbonyl (C=O) groups is 1. The van der Waals surface area contributed by atoms with Crippen LogP contribution in [0.5, 0.6) is 0 Å². The van der Waals surface area contributed by atoms with E-state index in [1.165, 1.54) is 35.6 Å². The molecule has 0 fully saturated rings. The van der Waals surface area contributed by atoms with Gasteiger partial charge in [-0.3, -0.25) is 0 Å². The van der Waals surface area contributed by atoms with E-state index in [1.807, 2.05) is 12.3 Å². The molecule has 2 heterocycles. The monoisotopic (exact) mass is 379 g/mol. The molecule has 0 radical (unpaired) electrons. The fourth-order valence-corrected chi connectivity index (χ4v) is 3.81. The summed E-state index contributed by atoms with van der Waals surface area (Å²) in [4.78, 5) is 20.9. The number of thiophene rings is 1. The van der Waals surface area contributed by atoms with E-state index in [4.69, 9.17) is 5.11 Å². The van der Waals surface area contributed by atoms with Gasteiger partial charge in [0.1, 0.15) is 22.3 Å². The van der Waals surface area contributed by atoms with Crippen LogP contribution in [0.3, 0.4) is 0 Å². The largest absolute Gasteiger partial charge is 0.478 e. The Labute approximate surface area is 158 Å². The smallest absolute Gasteiger partial charge is 0.335 e. The van der Waals surface area contributed by atoms with E-state index in [0.29, 0.717) is 11.6 Å². The fraction of sp³-hybridized carbons (Fsp3) is 0.0500. The van der Waals surface area contributed by atoms with Gasteiger partial charge in [-0.15, -0.1) is 11.3 Å². The molecule has 134 valence electrons. The second-order valence-corrected chi connectivity index (χ2v) is 6.82. The molecule has 0 atom stereocenters. The van der Waals surface area contributed by atoms with Crippen LogP contribution in [0.2, 0.25) is 0 Å². The molecule has 27 heavy (non-hydrogen) atoms. The number of hydrogen-bond acceptors (Lipinski definition) is 5. The maximum atomic E-state index is 13.3. The van der Waals surface area contributed by atoms with Gasteiger partial charge in [-0.05, 0) is 48.9 Å². The normalized spacial score (nSPS) is 10.9. The molecular weight excluding hydrogens is 365 g/mol. The molecule has 4 aromatic rings. The average Bonchev–Trinajstić information content (AvgIpc) is 3.06. The summed E-state index contributed by atoms with van der Waals surface area (Å²) in [6, 6.07) is 12.7. The van der Waals surface area contributed by atoms with Crippen LogP contribution in [-0.2, 0) is 0 Å². The molecule has 0 saturated carbocycles. The van der Waals surface area contributed by atoms with Gasteiger partial charge in [0.25, 0.3) is 0 Å². The SMILES string of the molecule is Cc1nc(Nc2ccc(C(=O)O)cc2)c2c(-c3ccc(F)cc3)csc2n1. The summed E-state index contributed by atoms with van der Waals surface area (Å²) in [7, 11) is 0. The van der Waals surface area contributed by atoms with Crippen LogP contribution >= 0.6 is 11.3 Å². The zero-order valence-electron chi connectivity index (χ0n) is 14.2. The topological polar surface area (TPSA) is 75.1 Å². The predicted molar refractivity (Wildman–Crippen MR) is 104 cm³/mol. The van der Waals surface area contributed by atoms with Crippen molar-refractivity contribution in [2.24, 2.45) is 0 Å². The molecule has 0 saturated heterocycles. The lowest BCUT2D eigenvalue weighted by atomic mass is 10.1. The number of carboxylic acids is 1. The summed E-state index contributed by atoms with van der Waals surface area (Å²) >= 11 is 1.50. The Kier molecular flexibility index (Phi) is 4.29. The molecular formula is C20H14FN3O2S. The zero-order chi connectivity index (χ0) is 19.0. The van der Waals surface area contributed by atoms with Crippen molar-refractivity contribution in [3.8, 4) is 11.1 Å². The number of nitrogens with zero attached hydrogens (tertiary/aromatic N) is 2. The quantitative estimate of drug-likeness (QED) is 0.507. The number of hydrogen-bond donors (Lipinski definition) is 2. The second kappa shape index (κ2) is 6.77. The van der Waals surface area contributed by atoms with E-state index in [1.54, 1.807) is 24.3 Å². The van der Waals surface area contributed by atoms with Crippen LogP contribution in [0.15, 0.2) is 53.9 Å². The Bertz CT molecular complexity index is 1140. The minimum atomic E-state index is -0.974. The molecule has 5 nitrogen and oxygen atoms in total. The van der Waals surface area contributed by atoms with E-state index in [0.717, 1.165) is 27.0 Å². The van der Waals surface area contributed by atoms with Gasteiger partial charge in [-0.25, -0.2) is 19.2 Å². The number of nitrogens with one attached hydrogen (secondary N) is 1. The van der Waals surface area contributed by atoms with Gasteiger partial charge in [0.2, 0.25) is 0 Å². The van der Waals surface area contributed by atoms with Crippen molar-refractivity contribution in [2.75, 3.05) is 5.32 Å². The highest BCUT2D eigenvalue weighted by Gasteiger charge is 2.15. The van der Waals surface area contributed by atoms with Crippen molar-refractivity contribution in [1.82, 2.24) is 9.97 Å². The molecule has 0 aliphatic carbocycles. The number of rotatable bonds is 4. The molecule has 4 rings (SSSR count). The first-order chi connectivity index (χ1) is 13.0. The number of benzene rings is 2. The van der Waals surface area contributed by atoms with Crippen molar-refractivity contribution in [3.63, 3.8) is 0 Å². The van der Waals surface area contributed by atoms with Crippen LogP contribution in [0, 0.1) is 12.7 Å². The Morgan fingerprint density at radius 2 is 1.78 bits per heavy atom. The van der Waals surface area contributed by atoms with Crippen LogP contribution in [-0.4, -0.2) is 21.0 Å². The van der Waals surface area contributed by atoms with Gasteiger partial charge in [0.15, 0.2) is 0 Å². The Morgan fingerprint density at radius 3 is 2.44 bits per heavy atom. The predicted octanol–water partition coefficient (Wildman–Crippen LogP) is 5.25. The fourth-order valence-electron chi connectivity index (χ4n) is 2.81. The molecule has 0 aliphatic rings. The lowest BCUT2D eigenvalue weighted by Crippen LogP contribution is -2.00. The van der Waals surface area contributed by atoms with Crippen molar-refractivity contribution in [1.29, 1.82) is 0 Å². The number of anilines is 2. The third-order valence-corrected chi connectivity index (χ3v) is 4.97. The lowest BCUT2D eigenvalue weighted by molar-refractivity contribution is 0.0697. The van der Waals surface area contributed by atoms with E-state index in [2.05, 4.69) is 15.3 Å². The maximum absolute atomic E-state index is 13.3. The van der Waals surface area contributed by atoms with Crippen molar-refractivity contribution in [3.05, 3.63) is 71.1 Å². The van der Waals surface area contributed by atoms with Gasteiger partial charge < -0.3 is 10.4 Å². The van der Waals surface area contributed by atoms with E-state index in [9.17, 15) is 9.18 Å². The summed E-state index contributed by atoms with van der Waals surface area (Å²) in [6.45, 7) is 1.81. The number of carboxylic acid groups (broad SMARTS) is 1. The summed E-state index contributed by atoms with van der Waals surface area (Å²) in [5.74, 6) is -0.0127.